The topological polar surface area (TPSA) is 48.0 Å². The first-order valence-corrected chi connectivity index (χ1v) is 10.9. The second-order valence-electron chi connectivity index (χ2n) is 7.34. The molecule has 3 rings (SSSR count). The van der Waals surface area contributed by atoms with Gasteiger partial charge in [0.05, 0.1) is 25.9 Å². The van der Waals surface area contributed by atoms with Gasteiger partial charge in [-0.1, -0.05) is 12.1 Å². The monoisotopic (exact) mass is 415 g/mol. The van der Waals surface area contributed by atoms with Crippen LogP contribution in [0.3, 0.4) is 0 Å². The number of thiophene rings is 1. The van der Waals surface area contributed by atoms with E-state index in [4.69, 9.17) is 14.2 Å². The lowest BCUT2D eigenvalue weighted by molar-refractivity contribution is -0.128. The van der Waals surface area contributed by atoms with Crippen molar-refractivity contribution in [3.05, 3.63) is 52.2 Å². The van der Waals surface area contributed by atoms with Gasteiger partial charge in [-0.2, -0.15) is 0 Å². The van der Waals surface area contributed by atoms with Crippen LogP contribution in [0.5, 0.6) is 11.5 Å². The van der Waals surface area contributed by atoms with Gasteiger partial charge in [-0.15, -0.1) is 11.3 Å². The summed E-state index contributed by atoms with van der Waals surface area (Å²) in [5.74, 6) is 1.34. The summed E-state index contributed by atoms with van der Waals surface area (Å²) in [5.41, 5.74) is 0.888. The number of nitrogens with zero attached hydrogens (tertiary/aromatic N) is 1. The Hall–Kier alpha value is -2.31. The number of hydrogen-bond donors (Lipinski definition) is 0. The van der Waals surface area contributed by atoms with Crippen LogP contribution in [0.2, 0.25) is 0 Å². The molecule has 0 N–H and O–H groups in total. The molecule has 0 saturated carbocycles. The van der Waals surface area contributed by atoms with Gasteiger partial charge >= 0.3 is 0 Å². The van der Waals surface area contributed by atoms with E-state index in [1.54, 1.807) is 24.5 Å². The van der Waals surface area contributed by atoms with Crippen molar-refractivity contribution in [3.8, 4) is 11.5 Å². The van der Waals surface area contributed by atoms with E-state index < -0.39 is 0 Å². The summed E-state index contributed by atoms with van der Waals surface area (Å²) in [6.45, 7) is 5.95. The number of benzene rings is 1. The number of amides is 1. The second kappa shape index (κ2) is 10.5. The summed E-state index contributed by atoms with van der Waals surface area (Å²) >= 11 is 1.66. The maximum absolute atomic E-state index is 12.9. The maximum atomic E-state index is 12.9. The van der Waals surface area contributed by atoms with Crippen molar-refractivity contribution in [3.63, 3.8) is 0 Å². The van der Waals surface area contributed by atoms with Gasteiger partial charge < -0.3 is 19.1 Å². The average molecular weight is 416 g/mol. The van der Waals surface area contributed by atoms with Crippen LogP contribution in [0.25, 0.3) is 6.08 Å². The highest BCUT2D eigenvalue weighted by molar-refractivity contribution is 7.09. The number of carbonyl (C=O) groups excluding carboxylic acids is 1. The summed E-state index contributed by atoms with van der Waals surface area (Å²) in [4.78, 5) is 16.0. The first kappa shape index (κ1) is 21.4. The lowest BCUT2D eigenvalue weighted by Crippen LogP contribution is -2.35. The van der Waals surface area contributed by atoms with Gasteiger partial charge in [0, 0.05) is 24.1 Å². The fraction of sp³-hybridized carbons (Fsp3) is 0.435. The Labute approximate surface area is 176 Å². The van der Waals surface area contributed by atoms with E-state index in [2.05, 4.69) is 6.07 Å². The zero-order chi connectivity index (χ0) is 20.6. The molecule has 0 spiro atoms. The Balaban J connectivity index is 1.71. The molecule has 0 bridgehead atoms. The standard InChI is InChI=1S/C23H29NO4S/c1-17(2)28-21-10-8-18(14-22(21)26-3)9-11-23(25)24(15-19-6-4-12-27-19)16-20-7-5-13-29-20/h5,7-11,13-14,17,19H,4,6,12,15-16H2,1-3H3/b11-9+. The molecule has 1 fully saturated rings. The zero-order valence-electron chi connectivity index (χ0n) is 17.3. The van der Waals surface area contributed by atoms with Gasteiger partial charge in [0.25, 0.3) is 0 Å². The fourth-order valence-corrected chi connectivity index (χ4v) is 3.99. The average Bonchev–Trinajstić information content (AvgIpc) is 3.40. The highest BCUT2D eigenvalue weighted by Gasteiger charge is 2.22. The van der Waals surface area contributed by atoms with Crippen molar-refractivity contribution in [2.45, 2.75) is 45.4 Å². The van der Waals surface area contributed by atoms with Crippen LogP contribution in [0.1, 0.15) is 37.1 Å². The SMILES string of the molecule is COc1cc(/C=C/C(=O)N(Cc2cccs2)CC2CCCO2)ccc1OC(C)C. The number of carbonyl (C=O) groups is 1. The number of ether oxygens (including phenoxy) is 3. The molecule has 0 aliphatic carbocycles. The third kappa shape index (κ3) is 6.34. The van der Waals surface area contributed by atoms with Crippen LogP contribution in [-0.4, -0.2) is 43.3 Å². The molecule has 156 valence electrons. The molecule has 2 heterocycles. The largest absolute Gasteiger partial charge is 0.493 e. The molecule has 1 aromatic heterocycles. The zero-order valence-corrected chi connectivity index (χ0v) is 18.1. The molecule has 1 unspecified atom stereocenters. The van der Waals surface area contributed by atoms with Crippen molar-refractivity contribution in [1.29, 1.82) is 0 Å². The third-order valence-electron chi connectivity index (χ3n) is 4.66. The van der Waals surface area contributed by atoms with E-state index in [-0.39, 0.29) is 18.1 Å². The summed E-state index contributed by atoms with van der Waals surface area (Å²) in [5, 5.41) is 2.03. The molecule has 1 atom stereocenters. The van der Waals surface area contributed by atoms with Crippen LogP contribution >= 0.6 is 11.3 Å². The molecule has 1 aromatic carbocycles. The molecule has 5 nitrogen and oxygen atoms in total. The van der Waals surface area contributed by atoms with Gasteiger partial charge in [0.15, 0.2) is 11.5 Å². The quantitative estimate of drug-likeness (QED) is 0.554. The van der Waals surface area contributed by atoms with Crippen LogP contribution in [0.15, 0.2) is 41.8 Å². The van der Waals surface area contributed by atoms with Crippen molar-refractivity contribution in [1.82, 2.24) is 4.90 Å². The second-order valence-corrected chi connectivity index (χ2v) is 8.38. The molecule has 1 amide bonds. The van der Waals surface area contributed by atoms with Crippen molar-refractivity contribution in [2.24, 2.45) is 0 Å². The summed E-state index contributed by atoms with van der Waals surface area (Å²) in [7, 11) is 1.62. The van der Waals surface area contributed by atoms with Crippen molar-refractivity contribution < 1.29 is 19.0 Å². The summed E-state index contributed by atoms with van der Waals surface area (Å²) in [6, 6.07) is 9.75. The molecule has 2 aromatic rings. The minimum Gasteiger partial charge on any atom is -0.493 e. The minimum atomic E-state index is -0.0182. The first-order valence-electron chi connectivity index (χ1n) is 10.0. The Morgan fingerprint density at radius 3 is 2.86 bits per heavy atom. The van der Waals surface area contributed by atoms with Gasteiger partial charge in [-0.25, -0.2) is 0 Å². The maximum Gasteiger partial charge on any atom is 0.246 e. The van der Waals surface area contributed by atoms with E-state index >= 15 is 0 Å². The van der Waals surface area contributed by atoms with Crippen LogP contribution in [0, 0.1) is 0 Å². The van der Waals surface area contributed by atoms with Crippen LogP contribution in [0.4, 0.5) is 0 Å². The molecule has 0 radical (unpaired) electrons. The van der Waals surface area contributed by atoms with Crippen LogP contribution in [-0.2, 0) is 16.1 Å². The Kier molecular flexibility index (Phi) is 7.72. The van der Waals surface area contributed by atoms with Crippen molar-refractivity contribution in [2.75, 3.05) is 20.3 Å². The predicted molar refractivity (Wildman–Crippen MR) is 117 cm³/mol. The van der Waals surface area contributed by atoms with Crippen molar-refractivity contribution >= 4 is 23.3 Å². The Bertz CT molecular complexity index is 810. The van der Waals surface area contributed by atoms with E-state index in [0.29, 0.717) is 24.6 Å². The molecular weight excluding hydrogens is 386 g/mol. The van der Waals surface area contributed by atoms with Gasteiger partial charge in [-0.05, 0) is 61.9 Å². The van der Waals surface area contributed by atoms with E-state index in [1.807, 2.05) is 54.5 Å². The number of rotatable bonds is 9. The summed E-state index contributed by atoms with van der Waals surface area (Å²) in [6.07, 6.45) is 5.70. The Morgan fingerprint density at radius 2 is 2.21 bits per heavy atom. The van der Waals surface area contributed by atoms with Crippen LogP contribution < -0.4 is 9.47 Å². The van der Waals surface area contributed by atoms with E-state index in [1.165, 1.54) is 4.88 Å². The van der Waals surface area contributed by atoms with E-state index in [9.17, 15) is 4.79 Å². The molecule has 1 aliphatic rings. The fourth-order valence-electron chi connectivity index (χ4n) is 3.27. The smallest absolute Gasteiger partial charge is 0.246 e. The Morgan fingerprint density at radius 1 is 1.34 bits per heavy atom. The molecule has 29 heavy (non-hydrogen) atoms. The predicted octanol–water partition coefficient (Wildman–Crippen LogP) is 4.76. The minimum absolute atomic E-state index is 0.0182. The highest BCUT2D eigenvalue weighted by atomic mass is 32.1. The van der Waals surface area contributed by atoms with Gasteiger partial charge in [0.1, 0.15) is 0 Å². The molecule has 1 aliphatic heterocycles. The summed E-state index contributed by atoms with van der Waals surface area (Å²) < 4.78 is 16.9. The van der Waals surface area contributed by atoms with Gasteiger partial charge in [0.2, 0.25) is 5.91 Å². The molecule has 1 saturated heterocycles. The normalized spacial score (nSPS) is 16.5. The lowest BCUT2D eigenvalue weighted by Gasteiger charge is -2.24. The number of hydrogen-bond acceptors (Lipinski definition) is 5. The molecule has 6 heteroatoms. The van der Waals surface area contributed by atoms with Gasteiger partial charge in [-0.3, -0.25) is 4.79 Å². The first-order chi connectivity index (χ1) is 14.0. The third-order valence-corrected chi connectivity index (χ3v) is 5.52. The number of methoxy groups -OCH3 is 1. The highest BCUT2D eigenvalue weighted by Crippen LogP contribution is 2.29. The molecular formula is C23H29NO4S. The lowest BCUT2D eigenvalue weighted by atomic mass is 10.1. The van der Waals surface area contributed by atoms with E-state index in [0.717, 1.165) is 25.0 Å².